The molecule has 0 radical (unpaired) electrons. The van der Waals surface area contributed by atoms with Crippen molar-refractivity contribution in [2.75, 3.05) is 13.7 Å². The molecule has 0 aromatic heterocycles. The van der Waals surface area contributed by atoms with E-state index in [1.54, 1.807) is 0 Å². The van der Waals surface area contributed by atoms with Gasteiger partial charge in [-0.25, -0.2) is 0 Å². The van der Waals surface area contributed by atoms with Crippen LogP contribution in [0.4, 0.5) is 0 Å². The molecule has 1 aliphatic heterocycles. The molecular formula is C11H15NO4. The van der Waals surface area contributed by atoms with Gasteiger partial charge in [0.15, 0.2) is 11.2 Å². The fourth-order valence-corrected chi connectivity index (χ4v) is 2.24. The van der Waals surface area contributed by atoms with E-state index in [-0.39, 0.29) is 12.0 Å². The summed E-state index contributed by atoms with van der Waals surface area (Å²) in [4.78, 5) is 11.5. The number of ether oxygens (including phenoxy) is 3. The standard InChI is InChI=1S/C11H15NO4/c1-10(2)15-5-8(16-10)7-4-11(7,6-12)9(13)14-3/h7-8H,4-5H2,1-3H3/t7-,8+,11-/m0/s1. The van der Waals surface area contributed by atoms with Gasteiger partial charge in [0.25, 0.3) is 0 Å². The molecular weight excluding hydrogens is 210 g/mol. The molecule has 0 aromatic carbocycles. The van der Waals surface area contributed by atoms with Crippen LogP contribution in [0.3, 0.4) is 0 Å². The predicted molar refractivity (Wildman–Crippen MR) is 53.1 cm³/mol. The van der Waals surface area contributed by atoms with Crippen LogP contribution in [0.15, 0.2) is 0 Å². The molecule has 0 spiro atoms. The molecule has 1 aliphatic carbocycles. The SMILES string of the molecule is COC(=O)[C@]1(C#N)C[C@H]1[C@H]1COC(C)(C)O1. The summed E-state index contributed by atoms with van der Waals surface area (Å²) in [6.07, 6.45) is 0.314. The number of hydrogen-bond acceptors (Lipinski definition) is 5. The van der Waals surface area contributed by atoms with Crippen LogP contribution in [0.5, 0.6) is 0 Å². The Bertz CT molecular complexity index is 359. The maximum atomic E-state index is 11.5. The Kier molecular flexibility index (Phi) is 2.44. The number of nitrogens with zero attached hydrogens (tertiary/aromatic N) is 1. The average molecular weight is 225 g/mol. The Morgan fingerprint density at radius 3 is 2.69 bits per heavy atom. The lowest BCUT2D eigenvalue weighted by Gasteiger charge is -2.17. The molecule has 0 amide bonds. The van der Waals surface area contributed by atoms with Gasteiger partial charge < -0.3 is 14.2 Å². The van der Waals surface area contributed by atoms with Crippen molar-refractivity contribution in [3.8, 4) is 6.07 Å². The van der Waals surface area contributed by atoms with Crippen LogP contribution in [-0.4, -0.2) is 31.6 Å². The van der Waals surface area contributed by atoms with Gasteiger partial charge in [-0.1, -0.05) is 0 Å². The lowest BCUT2D eigenvalue weighted by Crippen LogP contribution is -2.27. The first-order chi connectivity index (χ1) is 7.45. The summed E-state index contributed by atoms with van der Waals surface area (Å²) in [6, 6.07) is 2.05. The number of rotatable bonds is 2. The van der Waals surface area contributed by atoms with E-state index in [4.69, 9.17) is 14.7 Å². The Balaban J connectivity index is 2.06. The maximum absolute atomic E-state index is 11.5. The molecule has 1 saturated carbocycles. The molecule has 1 heterocycles. The molecule has 5 heteroatoms. The third kappa shape index (κ3) is 1.58. The van der Waals surface area contributed by atoms with Gasteiger partial charge in [-0.15, -0.1) is 0 Å². The first-order valence-corrected chi connectivity index (χ1v) is 5.26. The molecule has 5 nitrogen and oxygen atoms in total. The second-order valence-corrected chi connectivity index (χ2v) is 4.75. The van der Waals surface area contributed by atoms with E-state index < -0.39 is 17.2 Å². The molecule has 2 rings (SSSR count). The number of hydrogen-bond donors (Lipinski definition) is 0. The number of esters is 1. The zero-order valence-electron chi connectivity index (χ0n) is 9.65. The minimum absolute atomic E-state index is 0.105. The molecule has 0 bridgehead atoms. The van der Waals surface area contributed by atoms with Crippen molar-refractivity contribution >= 4 is 5.97 Å². The second-order valence-electron chi connectivity index (χ2n) is 4.75. The Labute approximate surface area is 94.3 Å². The van der Waals surface area contributed by atoms with Crippen molar-refractivity contribution in [1.29, 1.82) is 5.26 Å². The smallest absolute Gasteiger partial charge is 0.326 e. The summed E-state index contributed by atoms with van der Waals surface area (Å²) in [6.45, 7) is 4.07. The van der Waals surface area contributed by atoms with Gasteiger partial charge in [-0.2, -0.15) is 5.26 Å². The van der Waals surface area contributed by atoms with E-state index in [9.17, 15) is 4.79 Å². The average Bonchev–Trinajstić information content (AvgIpc) is 2.90. The van der Waals surface area contributed by atoms with E-state index in [0.717, 1.165) is 0 Å². The minimum atomic E-state index is -1.01. The quantitative estimate of drug-likeness (QED) is 0.651. The van der Waals surface area contributed by atoms with Crippen LogP contribution in [-0.2, 0) is 19.0 Å². The summed E-state index contributed by atoms with van der Waals surface area (Å²) in [5.74, 6) is -1.19. The van der Waals surface area contributed by atoms with Gasteiger partial charge in [0.1, 0.15) is 0 Å². The van der Waals surface area contributed by atoms with Crippen LogP contribution < -0.4 is 0 Å². The summed E-state index contributed by atoms with van der Waals surface area (Å²) in [5.41, 5.74) is -1.01. The molecule has 0 unspecified atom stereocenters. The molecule has 0 N–H and O–H groups in total. The zero-order chi connectivity index (χ0) is 12.0. The summed E-state index contributed by atoms with van der Waals surface area (Å²) < 4.78 is 15.7. The predicted octanol–water partition coefficient (Wildman–Crippen LogP) is 0.841. The first-order valence-electron chi connectivity index (χ1n) is 5.26. The highest BCUT2D eigenvalue weighted by Crippen LogP contribution is 2.57. The molecule has 0 aromatic rings. The monoisotopic (exact) mass is 225 g/mol. The zero-order valence-corrected chi connectivity index (χ0v) is 9.65. The van der Waals surface area contributed by atoms with Gasteiger partial charge in [-0.3, -0.25) is 4.79 Å². The number of methoxy groups -OCH3 is 1. The van der Waals surface area contributed by atoms with Crippen molar-refractivity contribution in [1.82, 2.24) is 0 Å². The maximum Gasteiger partial charge on any atom is 0.326 e. The first kappa shape index (κ1) is 11.4. The summed E-state index contributed by atoms with van der Waals surface area (Å²) >= 11 is 0. The van der Waals surface area contributed by atoms with E-state index >= 15 is 0 Å². The number of nitriles is 1. The number of carbonyl (C=O) groups is 1. The Morgan fingerprint density at radius 2 is 2.25 bits per heavy atom. The van der Waals surface area contributed by atoms with E-state index in [2.05, 4.69) is 4.74 Å². The largest absolute Gasteiger partial charge is 0.468 e. The van der Waals surface area contributed by atoms with E-state index in [1.165, 1.54) is 7.11 Å². The van der Waals surface area contributed by atoms with Crippen LogP contribution in [0, 0.1) is 22.7 Å². The molecule has 2 aliphatic rings. The fraction of sp³-hybridized carbons (Fsp3) is 0.818. The van der Waals surface area contributed by atoms with E-state index in [0.29, 0.717) is 13.0 Å². The van der Waals surface area contributed by atoms with Crippen LogP contribution in [0.25, 0.3) is 0 Å². The van der Waals surface area contributed by atoms with Crippen LogP contribution >= 0.6 is 0 Å². The van der Waals surface area contributed by atoms with Gasteiger partial charge >= 0.3 is 5.97 Å². The van der Waals surface area contributed by atoms with Crippen molar-refractivity contribution < 1.29 is 19.0 Å². The van der Waals surface area contributed by atoms with Crippen molar-refractivity contribution in [3.05, 3.63) is 0 Å². The lowest BCUT2D eigenvalue weighted by atomic mass is 10.0. The van der Waals surface area contributed by atoms with Crippen LogP contribution in [0.1, 0.15) is 20.3 Å². The molecule has 16 heavy (non-hydrogen) atoms. The lowest BCUT2D eigenvalue weighted by molar-refractivity contribution is -0.150. The molecule has 2 fully saturated rings. The minimum Gasteiger partial charge on any atom is -0.468 e. The van der Waals surface area contributed by atoms with Crippen molar-refractivity contribution in [2.45, 2.75) is 32.2 Å². The van der Waals surface area contributed by atoms with E-state index in [1.807, 2.05) is 19.9 Å². The third-order valence-corrected chi connectivity index (χ3v) is 3.24. The fourth-order valence-electron chi connectivity index (χ4n) is 2.24. The van der Waals surface area contributed by atoms with Crippen molar-refractivity contribution in [2.24, 2.45) is 11.3 Å². The van der Waals surface area contributed by atoms with Gasteiger partial charge in [0.05, 0.1) is 25.9 Å². The van der Waals surface area contributed by atoms with Gasteiger partial charge in [0, 0.05) is 5.92 Å². The Morgan fingerprint density at radius 1 is 1.56 bits per heavy atom. The highest BCUT2D eigenvalue weighted by molar-refractivity contribution is 5.84. The highest BCUT2D eigenvalue weighted by Gasteiger charge is 2.66. The second kappa shape index (κ2) is 3.44. The van der Waals surface area contributed by atoms with Crippen molar-refractivity contribution in [3.63, 3.8) is 0 Å². The Hall–Kier alpha value is -1.12. The third-order valence-electron chi connectivity index (χ3n) is 3.24. The molecule has 88 valence electrons. The molecule has 3 atom stereocenters. The molecule has 1 saturated heterocycles. The van der Waals surface area contributed by atoms with Crippen LogP contribution in [0.2, 0.25) is 0 Å². The highest BCUT2D eigenvalue weighted by atomic mass is 16.7. The van der Waals surface area contributed by atoms with Gasteiger partial charge in [-0.05, 0) is 20.3 Å². The number of carbonyl (C=O) groups excluding carboxylic acids is 1. The van der Waals surface area contributed by atoms with Gasteiger partial charge in [0.2, 0.25) is 0 Å². The summed E-state index contributed by atoms with van der Waals surface area (Å²) in [5, 5.41) is 9.07. The topological polar surface area (TPSA) is 68.6 Å². The summed E-state index contributed by atoms with van der Waals surface area (Å²) in [7, 11) is 1.30. The normalized spacial score (nSPS) is 40.1.